The van der Waals surface area contributed by atoms with Gasteiger partial charge in [0.05, 0.1) is 30.0 Å². The van der Waals surface area contributed by atoms with Gasteiger partial charge in [0.1, 0.15) is 17.3 Å². The summed E-state index contributed by atoms with van der Waals surface area (Å²) in [4.78, 5) is 24.5. The fraction of sp³-hybridized carbons (Fsp3) is 0.292. The van der Waals surface area contributed by atoms with Crippen LogP contribution in [0.15, 0.2) is 53.8 Å². The van der Waals surface area contributed by atoms with Crippen LogP contribution in [0.5, 0.6) is 0 Å². The van der Waals surface area contributed by atoms with E-state index in [1.165, 1.54) is 12.1 Å². The number of benzene rings is 2. The van der Waals surface area contributed by atoms with Gasteiger partial charge in [-0.15, -0.1) is 0 Å². The third-order valence-corrected chi connectivity index (χ3v) is 6.07. The zero-order valence-corrected chi connectivity index (χ0v) is 19.5. The van der Waals surface area contributed by atoms with Gasteiger partial charge in [-0.2, -0.15) is 0 Å². The van der Waals surface area contributed by atoms with E-state index in [1.807, 2.05) is 0 Å². The Hall–Kier alpha value is -3.72. The van der Waals surface area contributed by atoms with Crippen molar-refractivity contribution < 1.29 is 13.9 Å². The summed E-state index contributed by atoms with van der Waals surface area (Å²) in [5.74, 6) is -1.04. The molecule has 3 aromatic rings. The van der Waals surface area contributed by atoms with Gasteiger partial charge in [-0.25, -0.2) is 14.4 Å². The number of nitrogens with one attached hydrogen (secondary N) is 1. The van der Waals surface area contributed by atoms with Gasteiger partial charge < -0.3 is 15.8 Å². The fourth-order valence-electron chi connectivity index (χ4n) is 3.97. The second-order valence-corrected chi connectivity index (χ2v) is 8.54. The van der Waals surface area contributed by atoms with Crippen molar-refractivity contribution in [2.45, 2.75) is 24.8 Å². The summed E-state index contributed by atoms with van der Waals surface area (Å²) >= 11 is 6.05. The molecule has 0 saturated carbocycles. The van der Waals surface area contributed by atoms with Crippen LogP contribution in [0.25, 0.3) is 21.7 Å². The molecule has 1 aliphatic rings. The largest absolute Gasteiger partial charge is 0.382 e. The van der Waals surface area contributed by atoms with Gasteiger partial charge in [0, 0.05) is 34.6 Å². The Morgan fingerprint density at radius 3 is 2.83 bits per heavy atom. The van der Waals surface area contributed by atoms with Gasteiger partial charge in [0.25, 0.3) is 5.91 Å². The minimum Gasteiger partial charge on any atom is -0.382 e. The Bertz CT molecular complexity index is 1280. The number of nitrogen functional groups attached to an aromatic ring is 1. The number of aromatic nitrogens is 2. The summed E-state index contributed by atoms with van der Waals surface area (Å²) in [5.41, 5.74) is 16.8. The lowest BCUT2D eigenvalue weighted by Gasteiger charge is -2.22. The predicted molar refractivity (Wildman–Crippen MR) is 130 cm³/mol. The number of carbonyl (C=O) groups is 1. The Labute approximate surface area is 206 Å². The van der Waals surface area contributed by atoms with E-state index in [9.17, 15) is 4.79 Å². The van der Waals surface area contributed by atoms with Crippen molar-refractivity contribution in [1.82, 2.24) is 15.3 Å². The van der Waals surface area contributed by atoms with Gasteiger partial charge in [-0.05, 0) is 48.2 Å². The van der Waals surface area contributed by atoms with Crippen molar-refractivity contribution in [3.8, 4) is 11.3 Å². The summed E-state index contributed by atoms with van der Waals surface area (Å²) in [7, 11) is 0. The molecule has 1 aliphatic heterocycles. The normalized spacial score (nSPS) is 14.7. The van der Waals surface area contributed by atoms with Crippen LogP contribution in [-0.4, -0.2) is 35.6 Å². The van der Waals surface area contributed by atoms with E-state index in [2.05, 4.69) is 25.3 Å². The number of ether oxygens (including phenoxy) is 1. The Morgan fingerprint density at radius 1 is 1.31 bits per heavy atom. The zero-order valence-electron chi connectivity index (χ0n) is 18.7. The van der Waals surface area contributed by atoms with Gasteiger partial charge in [-0.1, -0.05) is 34.9 Å². The van der Waals surface area contributed by atoms with Crippen molar-refractivity contribution in [3.05, 3.63) is 86.8 Å². The lowest BCUT2D eigenvalue weighted by molar-refractivity contribution is 0.0844. The number of nitrogens with two attached hydrogens (primary N) is 1. The number of azide groups is 1. The van der Waals surface area contributed by atoms with Crippen LogP contribution >= 0.6 is 11.6 Å². The molecular weight excluding hydrogens is 473 g/mol. The lowest BCUT2D eigenvalue weighted by Crippen LogP contribution is -2.31. The SMILES string of the molecule is [N-]=[N+]=NCC(NC(=O)c1ccc(-c2nc(C3CCOCC3)cnc2N)cc1F)c1cccc(Cl)c1. The molecule has 3 N–H and O–H groups in total. The van der Waals surface area contributed by atoms with Gasteiger partial charge in [-0.3, -0.25) is 4.79 Å². The molecule has 1 unspecified atom stereocenters. The maximum Gasteiger partial charge on any atom is 0.254 e. The molecule has 1 saturated heterocycles. The average molecular weight is 496 g/mol. The molecule has 2 heterocycles. The van der Waals surface area contributed by atoms with Crippen LogP contribution < -0.4 is 11.1 Å². The van der Waals surface area contributed by atoms with E-state index in [-0.39, 0.29) is 23.8 Å². The highest BCUT2D eigenvalue weighted by Crippen LogP contribution is 2.30. The van der Waals surface area contributed by atoms with Crippen LogP contribution in [0.1, 0.15) is 46.4 Å². The third kappa shape index (κ3) is 5.86. The van der Waals surface area contributed by atoms with Gasteiger partial charge in [0.15, 0.2) is 0 Å². The Kier molecular flexibility index (Phi) is 7.77. The van der Waals surface area contributed by atoms with E-state index >= 15 is 4.39 Å². The van der Waals surface area contributed by atoms with Crippen molar-refractivity contribution in [1.29, 1.82) is 0 Å². The standard InChI is InChI=1S/C24H23ClFN7O2/c25-17-3-1-2-15(10-17)21(13-30-33-28)32-24(34)18-5-4-16(11-19(18)26)22-23(27)29-12-20(31-22)14-6-8-35-9-7-14/h1-5,10-12,14,21H,6-9,13H2,(H2,27,29)(H,32,34). The molecule has 0 radical (unpaired) electrons. The number of halogens is 2. The number of carbonyl (C=O) groups excluding carboxylic acids is 1. The molecule has 1 aromatic heterocycles. The maximum absolute atomic E-state index is 15.1. The first-order valence-electron chi connectivity index (χ1n) is 11.0. The molecule has 0 aliphatic carbocycles. The lowest BCUT2D eigenvalue weighted by atomic mass is 9.96. The number of hydrogen-bond acceptors (Lipinski definition) is 6. The summed E-state index contributed by atoms with van der Waals surface area (Å²) < 4.78 is 20.5. The molecule has 1 atom stereocenters. The summed E-state index contributed by atoms with van der Waals surface area (Å²) in [6.45, 7) is 1.24. The molecule has 35 heavy (non-hydrogen) atoms. The molecular formula is C24H23ClFN7O2. The second-order valence-electron chi connectivity index (χ2n) is 8.10. The number of hydrogen-bond donors (Lipinski definition) is 2. The van der Waals surface area contributed by atoms with Crippen LogP contribution in [-0.2, 0) is 4.74 Å². The Morgan fingerprint density at radius 2 is 2.11 bits per heavy atom. The maximum atomic E-state index is 15.1. The number of amides is 1. The second kappa shape index (κ2) is 11.1. The first-order valence-corrected chi connectivity index (χ1v) is 11.4. The molecule has 0 bridgehead atoms. The summed E-state index contributed by atoms with van der Waals surface area (Å²) in [5, 5.41) is 6.72. The van der Waals surface area contributed by atoms with Crippen molar-refractivity contribution >= 4 is 23.3 Å². The molecule has 9 nitrogen and oxygen atoms in total. The number of rotatable bonds is 7. The van der Waals surface area contributed by atoms with E-state index in [1.54, 1.807) is 36.5 Å². The quantitative estimate of drug-likeness (QED) is 0.263. The average Bonchev–Trinajstić information content (AvgIpc) is 2.87. The first-order chi connectivity index (χ1) is 17.0. The number of anilines is 1. The van der Waals surface area contributed by atoms with Crippen molar-refractivity contribution in [3.63, 3.8) is 0 Å². The molecule has 11 heteroatoms. The topological polar surface area (TPSA) is 139 Å². The zero-order chi connectivity index (χ0) is 24.8. The van der Waals surface area contributed by atoms with E-state index in [0.717, 1.165) is 18.5 Å². The summed E-state index contributed by atoms with van der Waals surface area (Å²) in [6.07, 6.45) is 3.30. The molecule has 2 aromatic carbocycles. The smallest absolute Gasteiger partial charge is 0.254 e. The predicted octanol–water partition coefficient (Wildman–Crippen LogP) is 5.19. The highest BCUT2D eigenvalue weighted by Gasteiger charge is 2.22. The van der Waals surface area contributed by atoms with E-state index in [0.29, 0.717) is 35.1 Å². The highest BCUT2D eigenvalue weighted by atomic mass is 35.5. The van der Waals surface area contributed by atoms with Crippen molar-refractivity contribution in [2.75, 3.05) is 25.5 Å². The minimum absolute atomic E-state index is 0.0621. The molecule has 180 valence electrons. The molecule has 1 amide bonds. The van der Waals surface area contributed by atoms with E-state index in [4.69, 9.17) is 27.6 Å². The third-order valence-electron chi connectivity index (χ3n) is 5.83. The van der Waals surface area contributed by atoms with Crippen LogP contribution in [0.2, 0.25) is 5.02 Å². The van der Waals surface area contributed by atoms with Gasteiger partial charge >= 0.3 is 0 Å². The number of nitrogens with zero attached hydrogens (tertiary/aromatic N) is 5. The minimum atomic E-state index is -0.744. The van der Waals surface area contributed by atoms with E-state index < -0.39 is 17.8 Å². The van der Waals surface area contributed by atoms with Crippen molar-refractivity contribution in [2.24, 2.45) is 5.11 Å². The molecule has 0 spiro atoms. The fourth-order valence-corrected chi connectivity index (χ4v) is 4.17. The van der Waals surface area contributed by atoms with Crippen LogP contribution in [0, 0.1) is 5.82 Å². The van der Waals surface area contributed by atoms with Crippen LogP contribution in [0.4, 0.5) is 10.2 Å². The molecule has 4 rings (SSSR count). The first kappa shape index (κ1) is 24.4. The Balaban J connectivity index is 1.57. The monoisotopic (exact) mass is 495 g/mol. The molecule has 1 fully saturated rings. The summed E-state index contributed by atoms with van der Waals surface area (Å²) in [6, 6.07) is 10.2. The van der Waals surface area contributed by atoms with Gasteiger partial charge in [0.2, 0.25) is 0 Å². The highest BCUT2D eigenvalue weighted by molar-refractivity contribution is 6.30. The van der Waals surface area contributed by atoms with Crippen LogP contribution in [0.3, 0.4) is 0 Å².